The zero-order chi connectivity index (χ0) is 33.0. The number of aryl methyl sites for hydroxylation is 1. The number of phenolic OH excluding ortho intramolecular Hbond substituents is 1. The number of H-pyrrole nitrogens is 1. The molecule has 2 saturated heterocycles. The Morgan fingerprint density at radius 2 is 2.13 bits per heavy atom. The van der Waals surface area contributed by atoms with Gasteiger partial charge >= 0.3 is 11.6 Å². The largest absolute Gasteiger partial charge is 0.508 e. The highest BCUT2D eigenvalue weighted by molar-refractivity contribution is 6.03. The first-order chi connectivity index (χ1) is 22.6. The summed E-state index contributed by atoms with van der Waals surface area (Å²) in [6.45, 7) is 7.39. The number of alkyl halides is 1. The molecule has 0 radical (unpaired) electrons. The van der Waals surface area contributed by atoms with E-state index in [1.165, 1.54) is 24.3 Å². The number of aromatic amines is 1. The van der Waals surface area contributed by atoms with E-state index in [1.54, 1.807) is 13.1 Å². The number of phenols is 1. The van der Waals surface area contributed by atoms with Gasteiger partial charge in [-0.05, 0) is 49.9 Å². The number of halogens is 2. The minimum absolute atomic E-state index is 0.00629. The summed E-state index contributed by atoms with van der Waals surface area (Å²) < 4.78 is 41.5. The van der Waals surface area contributed by atoms with E-state index in [-0.39, 0.29) is 64.4 Å². The standard InChI is InChI=1S/C35H34F2N6O4/c1-5-24-26(37)8-7-20-11-23(44)12-25(27(20)24)30-19(4)29-28(33(45)47-30)32(39-15-22-14-38-31(40-22)18(2)3)42-34(41-29)46-17-35-9-6-10-43(35)16-21(36)13-35/h1,7-8,11-12,14,18,21,44H,6,9-10,13,15-17H2,2-4H3,(H,38,40)(H,39,41,42)/t21-,35+/m1/s1. The van der Waals surface area contributed by atoms with Crippen LogP contribution in [0.1, 0.15) is 61.7 Å². The van der Waals surface area contributed by atoms with E-state index in [2.05, 4.69) is 36.1 Å². The van der Waals surface area contributed by atoms with E-state index in [0.29, 0.717) is 29.3 Å². The van der Waals surface area contributed by atoms with E-state index >= 15 is 0 Å². The number of rotatable bonds is 8. The number of fused-ring (bicyclic) bond motifs is 3. The number of ether oxygens (including phenoxy) is 1. The lowest BCUT2D eigenvalue weighted by Gasteiger charge is -2.30. The van der Waals surface area contributed by atoms with Crippen molar-refractivity contribution in [3.8, 4) is 35.4 Å². The Kier molecular flexibility index (Phi) is 7.59. The van der Waals surface area contributed by atoms with Gasteiger partial charge < -0.3 is 24.6 Å². The fourth-order valence-corrected chi connectivity index (χ4v) is 7.01. The molecule has 10 nitrogen and oxygen atoms in total. The van der Waals surface area contributed by atoms with Crippen LogP contribution >= 0.6 is 0 Å². The van der Waals surface area contributed by atoms with Gasteiger partial charge in [-0.25, -0.2) is 18.6 Å². The van der Waals surface area contributed by atoms with Crippen molar-refractivity contribution < 1.29 is 23.0 Å². The van der Waals surface area contributed by atoms with Gasteiger partial charge in [0.2, 0.25) is 0 Å². The maximum atomic E-state index is 14.9. The van der Waals surface area contributed by atoms with E-state index in [4.69, 9.17) is 15.6 Å². The van der Waals surface area contributed by atoms with Crippen LogP contribution in [0.3, 0.4) is 0 Å². The number of aromatic nitrogens is 4. The highest BCUT2D eigenvalue weighted by atomic mass is 19.1. The number of hydrogen-bond acceptors (Lipinski definition) is 9. The Morgan fingerprint density at radius 3 is 2.89 bits per heavy atom. The molecule has 47 heavy (non-hydrogen) atoms. The summed E-state index contributed by atoms with van der Waals surface area (Å²) in [6, 6.07) is 5.57. The van der Waals surface area contributed by atoms with Gasteiger partial charge in [0, 0.05) is 35.4 Å². The summed E-state index contributed by atoms with van der Waals surface area (Å²) in [5.74, 6) is 2.91. The highest BCUT2D eigenvalue weighted by Gasteiger charge is 2.49. The zero-order valence-electron chi connectivity index (χ0n) is 26.3. The first-order valence-corrected chi connectivity index (χ1v) is 15.6. The lowest BCUT2D eigenvalue weighted by Crippen LogP contribution is -2.43. The molecule has 0 unspecified atom stereocenters. The smallest absolute Gasteiger partial charge is 0.349 e. The first-order valence-electron chi connectivity index (χ1n) is 15.6. The number of hydrogen-bond donors (Lipinski definition) is 3. The Bertz CT molecular complexity index is 2140. The second-order valence-corrected chi connectivity index (χ2v) is 12.7. The van der Waals surface area contributed by atoms with Crippen LogP contribution in [0.15, 0.2) is 39.7 Å². The molecule has 0 spiro atoms. The number of imidazole rings is 1. The summed E-state index contributed by atoms with van der Waals surface area (Å²) in [4.78, 5) is 32.9. The molecule has 5 heterocycles. The molecule has 7 rings (SSSR count). The van der Waals surface area contributed by atoms with Crippen molar-refractivity contribution in [2.75, 3.05) is 25.0 Å². The number of nitrogens with one attached hydrogen (secondary N) is 2. The van der Waals surface area contributed by atoms with Gasteiger partial charge in [0.15, 0.2) is 0 Å². The minimum atomic E-state index is -0.928. The molecule has 2 fully saturated rings. The third-order valence-corrected chi connectivity index (χ3v) is 9.30. The molecule has 2 aliphatic heterocycles. The molecule has 3 aromatic heterocycles. The number of terminal acetylenes is 1. The predicted octanol–water partition coefficient (Wildman–Crippen LogP) is 5.95. The molecule has 5 aromatic rings. The van der Waals surface area contributed by atoms with Crippen LogP contribution in [0.2, 0.25) is 0 Å². The number of anilines is 1. The minimum Gasteiger partial charge on any atom is -0.508 e. The van der Waals surface area contributed by atoms with Crippen molar-refractivity contribution in [3.05, 3.63) is 69.3 Å². The topological polar surface area (TPSA) is 129 Å². The predicted molar refractivity (Wildman–Crippen MR) is 174 cm³/mol. The van der Waals surface area contributed by atoms with Crippen LogP contribution in [0.5, 0.6) is 11.8 Å². The quantitative estimate of drug-likeness (QED) is 0.176. The van der Waals surface area contributed by atoms with Gasteiger partial charge in [-0.2, -0.15) is 9.97 Å². The Balaban J connectivity index is 1.37. The maximum absolute atomic E-state index is 14.9. The molecular weight excluding hydrogens is 606 g/mol. The van der Waals surface area contributed by atoms with Gasteiger partial charge in [0.05, 0.1) is 35.1 Å². The van der Waals surface area contributed by atoms with Crippen LogP contribution in [0.4, 0.5) is 14.6 Å². The van der Waals surface area contributed by atoms with E-state index in [0.717, 1.165) is 30.9 Å². The average molecular weight is 641 g/mol. The summed E-state index contributed by atoms with van der Waals surface area (Å²) >= 11 is 0. The molecule has 2 aromatic carbocycles. The molecule has 0 amide bonds. The van der Waals surface area contributed by atoms with Crippen molar-refractivity contribution in [2.24, 2.45) is 0 Å². The summed E-state index contributed by atoms with van der Waals surface area (Å²) in [7, 11) is 0. The van der Waals surface area contributed by atoms with Crippen molar-refractivity contribution in [3.63, 3.8) is 0 Å². The van der Waals surface area contributed by atoms with Crippen LogP contribution in [-0.4, -0.2) is 61.3 Å². The Hall–Kier alpha value is -5.02. The Labute approximate surface area is 269 Å². The molecule has 242 valence electrons. The molecule has 12 heteroatoms. The fraction of sp³-hybridized carbons (Fsp3) is 0.371. The van der Waals surface area contributed by atoms with Crippen molar-refractivity contribution in [1.29, 1.82) is 0 Å². The molecule has 2 atom stereocenters. The zero-order valence-corrected chi connectivity index (χ0v) is 26.3. The fourth-order valence-electron chi connectivity index (χ4n) is 7.01. The maximum Gasteiger partial charge on any atom is 0.349 e. The molecular formula is C35H34F2N6O4. The molecule has 0 bridgehead atoms. The second-order valence-electron chi connectivity index (χ2n) is 12.7. The van der Waals surface area contributed by atoms with Gasteiger partial charge in [-0.15, -0.1) is 6.42 Å². The lowest BCUT2D eigenvalue weighted by molar-refractivity contribution is 0.107. The number of benzene rings is 2. The molecule has 2 aliphatic rings. The van der Waals surface area contributed by atoms with Gasteiger partial charge in [0.25, 0.3) is 0 Å². The van der Waals surface area contributed by atoms with Gasteiger partial charge in [-0.3, -0.25) is 4.90 Å². The monoisotopic (exact) mass is 640 g/mol. The normalized spacial score (nSPS) is 19.5. The number of aromatic hydroxyl groups is 1. The van der Waals surface area contributed by atoms with Crippen LogP contribution < -0.4 is 15.7 Å². The molecule has 0 saturated carbocycles. The first kappa shape index (κ1) is 30.6. The van der Waals surface area contributed by atoms with Gasteiger partial charge in [0.1, 0.15) is 47.1 Å². The molecule has 0 aliphatic carbocycles. The Morgan fingerprint density at radius 1 is 1.30 bits per heavy atom. The second kappa shape index (κ2) is 11.7. The van der Waals surface area contributed by atoms with Crippen LogP contribution in [0, 0.1) is 25.1 Å². The van der Waals surface area contributed by atoms with Crippen molar-refractivity contribution >= 4 is 27.5 Å². The van der Waals surface area contributed by atoms with Crippen LogP contribution in [0.25, 0.3) is 33.0 Å². The highest BCUT2D eigenvalue weighted by Crippen LogP contribution is 2.41. The number of nitrogens with zero attached hydrogens (tertiary/aromatic N) is 4. The van der Waals surface area contributed by atoms with Crippen molar-refractivity contribution in [2.45, 2.75) is 64.2 Å². The SMILES string of the molecule is C#Cc1c(F)ccc2cc(O)cc(-c3oc(=O)c4c(NCc5cnc(C(C)C)[nH]5)nc(OC[C@@]56CCCN5C[C@H](F)C6)nc4c3C)c12. The average Bonchev–Trinajstić information content (AvgIpc) is 3.75. The third-order valence-electron chi connectivity index (χ3n) is 9.30. The summed E-state index contributed by atoms with van der Waals surface area (Å²) in [6.07, 6.45) is 8.61. The van der Waals surface area contributed by atoms with E-state index in [9.17, 15) is 18.7 Å². The third kappa shape index (κ3) is 5.34. The summed E-state index contributed by atoms with van der Waals surface area (Å²) in [5.41, 5.74) is 0.437. The lowest BCUT2D eigenvalue weighted by atomic mass is 9.95. The molecule has 3 N–H and O–H groups in total. The summed E-state index contributed by atoms with van der Waals surface area (Å²) in [5, 5.41) is 14.7. The van der Waals surface area contributed by atoms with Crippen molar-refractivity contribution in [1.82, 2.24) is 24.8 Å². The van der Waals surface area contributed by atoms with E-state index < -0.39 is 23.2 Å². The van der Waals surface area contributed by atoms with E-state index in [1.807, 2.05) is 13.8 Å². The van der Waals surface area contributed by atoms with Crippen LogP contribution in [-0.2, 0) is 6.54 Å². The van der Waals surface area contributed by atoms with Gasteiger partial charge in [-0.1, -0.05) is 25.8 Å².